The van der Waals surface area contributed by atoms with E-state index in [-0.39, 0.29) is 11.0 Å². The molecule has 0 amide bonds. The van der Waals surface area contributed by atoms with Gasteiger partial charge >= 0.3 is 5.97 Å². The Labute approximate surface area is 92.3 Å². The molecule has 0 atom stereocenters. The summed E-state index contributed by atoms with van der Waals surface area (Å²) in [5.74, 6) is -0.605. The maximum Gasteiger partial charge on any atom is 0.341 e. The van der Waals surface area contributed by atoms with Crippen molar-refractivity contribution in [1.82, 2.24) is 0 Å². The number of carbonyl (C=O) groups excluding carboxylic acids is 1. The van der Waals surface area contributed by atoms with Gasteiger partial charge in [0.1, 0.15) is 5.56 Å². The highest BCUT2D eigenvalue weighted by atomic mass is 16.5. The fourth-order valence-electron chi connectivity index (χ4n) is 1.55. The Kier molecular flexibility index (Phi) is 2.68. The van der Waals surface area contributed by atoms with Gasteiger partial charge in [0.2, 0.25) is 0 Å². The van der Waals surface area contributed by atoms with Crippen molar-refractivity contribution in [3.63, 3.8) is 0 Å². The normalized spacial score (nSPS) is 10.1. The molecule has 0 aliphatic heterocycles. The van der Waals surface area contributed by atoms with Crippen LogP contribution in [-0.4, -0.2) is 13.1 Å². The molecule has 0 N–H and O–H groups in total. The highest BCUT2D eigenvalue weighted by Gasteiger charge is 2.08. The largest absolute Gasteiger partial charge is 0.465 e. The van der Waals surface area contributed by atoms with Crippen molar-refractivity contribution >= 4 is 16.7 Å². The fraction of sp³-hybridized carbons (Fsp3) is 0.0769. The maximum absolute atomic E-state index is 11.6. The Morgan fingerprint density at radius 3 is 2.44 bits per heavy atom. The Hall–Kier alpha value is -2.16. The quantitative estimate of drug-likeness (QED) is 0.682. The predicted octanol–water partition coefficient (Wildman–Crippen LogP) is 1.99. The van der Waals surface area contributed by atoms with Gasteiger partial charge in [-0.05, 0) is 22.9 Å². The summed E-state index contributed by atoms with van der Waals surface area (Å²) in [7, 11) is 1.26. The molecule has 0 fully saturated rings. The highest BCUT2D eigenvalue weighted by Crippen LogP contribution is 2.12. The van der Waals surface area contributed by atoms with Crippen molar-refractivity contribution in [2.45, 2.75) is 0 Å². The monoisotopic (exact) mass is 214 g/mol. The van der Waals surface area contributed by atoms with E-state index in [4.69, 9.17) is 0 Å². The van der Waals surface area contributed by atoms with Crippen LogP contribution in [-0.2, 0) is 4.74 Å². The number of benzene rings is 1. The van der Waals surface area contributed by atoms with Crippen molar-refractivity contribution in [3.8, 4) is 0 Å². The van der Waals surface area contributed by atoms with Gasteiger partial charge in [-0.25, -0.2) is 4.79 Å². The van der Waals surface area contributed by atoms with Crippen LogP contribution in [0.3, 0.4) is 0 Å². The van der Waals surface area contributed by atoms with Gasteiger partial charge in [0.15, 0.2) is 5.43 Å². The summed E-state index contributed by atoms with van der Waals surface area (Å²) >= 11 is 0. The van der Waals surface area contributed by atoms with E-state index in [1.807, 2.05) is 24.3 Å². The summed E-state index contributed by atoms with van der Waals surface area (Å²) in [6, 6.07) is 12.1. The molecule has 0 saturated carbocycles. The van der Waals surface area contributed by atoms with Crippen LogP contribution in [0.15, 0.2) is 47.3 Å². The molecule has 2 aromatic carbocycles. The third kappa shape index (κ3) is 1.80. The molecule has 0 saturated heterocycles. The molecule has 0 spiro atoms. The Bertz CT molecular complexity index is 602. The molecule has 0 aliphatic carbocycles. The average molecular weight is 214 g/mol. The Balaban J connectivity index is 2.81. The molecule has 3 heteroatoms. The SMILES string of the molecule is COC(=O)c1cc2ccccc2ccc1=O. The average Bonchev–Trinajstić information content (AvgIpc) is 2.48. The minimum Gasteiger partial charge on any atom is -0.465 e. The fourth-order valence-corrected chi connectivity index (χ4v) is 1.55. The van der Waals surface area contributed by atoms with Gasteiger partial charge in [0.05, 0.1) is 7.11 Å². The molecule has 0 aliphatic rings. The van der Waals surface area contributed by atoms with Crippen LogP contribution in [0.2, 0.25) is 0 Å². The molecule has 16 heavy (non-hydrogen) atoms. The molecule has 2 rings (SSSR count). The van der Waals surface area contributed by atoms with E-state index in [9.17, 15) is 9.59 Å². The van der Waals surface area contributed by atoms with E-state index in [2.05, 4.69) is 4.74 Å². The number of rotatable bonds is 1. The van der Waals surface area contributed by atoms with Crippen molar-refractivity contribution < 1.29 is 9.53 Å². The Morgan fingerprint density at radius 1 is 1.06 bits per heavy atom. The number of carbonyl (C=O) groups is 1. The lowest BCUT2D eigenvalue weighted by Gasteiger charge is -1.94. The molecule has 3 nitrogen and oxygen atoms in total. The standard InChI is InChI=1S/C13H10O3/c1-16-13(15)11-8-10-5-3-2-4-9(10)6-7-12(11)14/h2-8H,1H3. The van der Waals surface area contributed by atoms with Crippen molar-refractivity contribution in [2.75, 3.05) is 7.11 Å². The zero-order valence-corrected chi connectivity index (χ0v) is 8.77. The van der Waals surface area contributed by atoms with E-state index in [1.165, 1.54) is 13.2 Å². The van der Waals surface area contributed by atoms with Crippen LogP contribution >= 0.6 is 0 Å². The first kappa shape index (κ1) is 10.4. The number of fused-ring (bicyclic) bond motifs is 1. The predicted molar refractivity (Wildman–Crippen MR) is 61.6 cm³/mol. The van der Waals surface area contributed by atoms with E-state index in [0.29, 0.717) is 0 Å². The zero-order chi connectivity index (χ0) is 11.5. The number of hydrogen-bond donors (Lipinski definition) is 0. The zero-order valence-electron chi connectivity index (χ0n) is 8.77. The second kappa shape index (κ2) is 4.14. The summed E-state index contributed by atoms with van der Waals surface area (Å²) in [6.07, 6.45) is 0. The number of hydrogen-bond acceptors (Lipinski definition) is 3. The molecule has 0 heterocycles. The third-order valence-electron chi connectivity index (χ3n) is 2.38. The lowest BCUT2D eigenvalue weighted by molar-refractivity contribution is 0.0599. The van der Waals surface area contributed by atoms with Gasteiger partial charge < -0.3 is 4.74 Å². The summed E-state index contributed by atoms with van der Waals surface area (Å²) < 4.78 is 4.57. The third-order valence-corrected chi connectivity index (χ3v) is 2.38. The topological polar surface area (TPSA) is 43.4 Å². The first-order valence-corrected chi connectivity index (χ1v) is 4.84. The number of esters is 1. The minimum atomic E-state index is -0.605. The van der Waals surface area contributed by atoms with Gasteiger partial charge in [0, 0.05) is 0 Å². The molecular formula is C13H10O3. The Morgan fingerprint density at radius 2 is 1.75 bits per heavy atom. The maximum atomic E-state index is 11.6. The second-order valence-electron chi connectivity index (χ2n) is 3.38. The van der Waals surface area contributed by atoms with Crippen LogP contribution < -0.4 is 5.43 Å². The molecule has 0 unspecified atom stereocenters. The van der Waals surface area contributed by atoms with Gasteiger partial charge in [-0.15, -0.1) is 0 Å². The summed E-state index contributed by atoms with van der Waals surface area (Å²) in [5.41, 5.74) is -0.272. The summed E-state index contributed by atoms with van der Waals surface area (Å²) in [6.45, 7) is 0. The first-order chi connectivity index (χ1) is 7.72. The highest BCUT2D eigenvalue weighted by molar-refractivity contribution is 5.93. The molecule has 0 bridgehead atoms. The number of methoxy groups -OCH3 is 1. The smallest absolute Gasteiger partial charge is 0.341 e. The van der Waals surface area contributed by atoms with Gasteiger partial charge in [-0.1, -0.05) is 30.3 Å². The molecular weight excluding hydrogens is 204 g/mol. The van der Waals surface area contributed by atoms with Crippen molar-refractivity contribution in [3.05, 3.63) is 58.3 Å². The summed E-state index contributed by atoms with van der Waals surface area (Å²) in [4.78, 5) is 23.0. The van der Waals surface area contributed by atoms with Crippen molar-refractivity contribution in [2.24, 2.45) is 0 Å². The molecule has 0 aromatic heterocycles. The molecule has 2 aromatic rings. The first-order valence-electron chi connectivity index (χ1n) is 4.84. The summed E-state index contributed by atoms with van der Waals surface area (Å²) in [5, 5.41) is 1.75. The van der Waals surface area contributed by atoms with Crippen LogP contribution in [0.25, 0.3) is 10.8 Å². The van der Waals surface area contributed by atoms with Crippen LogP contribution in [0.5, 0.6) is 0 Å². The van der Waals surface area contributed by atoms with Crippen molar-refractivity contribution in [1.29, 1.82) is 0 Å². The van der Waals surface area contributed by atoms with E-state index >= 15 is 0 Å². The van der Waals surface area contributed by atoms with Gasteiger partial charge in [-0.2, -0.15) is 0 Å². The van der Waals surface area contributed by atoms with E-state index in [0.717, 1.165) is 10.8 Å². The van der Waals surface area contributed by atoms with Gasteiger partial charge in [0.25, 0.3) is 0 Å². The van der Waals surface area contributed by atoms with E-state index < -0.39 is 5.97 Å². The molecule has 80 valence electrons. The lowest BCUT2D eigenvalue weighted by atomic mass is 10.2. The van der Waals surface area contributed by atoms with Crippen LogP contribution in [0, 0.1) is 0 Å². The van der Waals surface area contributed by atoms with E-state index in [1.54, 1.807) is 12.1 Å². The second-order valence-corrected chi connectivity index (χ2v) is 3.38. The van der Waals surface area contributed by atoms with Gasteiger partial charge in [-0.3, -0.25) is 4.79 Å². The lowest BCUT2D eigenvalue weighted by Crippen LogP contribution is -2.12. The van der Waals surface area contributed by atoms with Crippen LogP contribution in [0.1, 0.15) is 10.4 Å². The van der Waals surface area contributed by atoms with Crippen LogP contribution in [0.4, 0.5) is 0 Å². The molecule has 0 radical (unpaired) electrons. The minimum absolute atomic E-state index is 0.0590. The number of ether oxygens (including phenoxy) is 1.